The lowest BCUT2D eigenvalue weighted by Gasteiger charge is -2.06. The van der Waals surface area contributed by atoms with E-state index in [0.29, 0.717) is 17.2 Å². The average molecular weight is 348 g/mol. The Labute approximate surface area is 112 Å². The molecule has 0 atom stereocenters. The highest BCUT2D eigenvalue weighted by Crippen LogP contribution is 2.26. The molecule has 0 radical (unpaired) electrons. The zero-order valence-electron chi connectivity index (χ0n) is 8.12. The summed E-state index contributed by atoms with van der Waals surface area (Å²) in [5.74, 6) is 0.499. The highest BCUT2D eigenvalue weighted by atomic mass is 79.9. The Morgan fingerprint density at radius 2 is 2.06 bits per heavy atom. The van der Waals surface area contributed by atoms with Crippen molar-refractivity contribution in [1.82, 2.24) is 0 Å². The van der Waals surface area contributed by atoms with Crippen molar-refractivity contribution in [3.05, 3.63) is 27.7 Å². The maximum atomic E-state index is 10.6. The Kier molecular flexibility index (Phi) is 5.37. The van der Waals surface area contributed by atoms with Crippen molar-refractivity contribution in [2.24, 2.45) is 0 Å². The van der Waals surface area contributed by atoms with Crippen LogP contribution in [0.2, 0.25) is 5.02 Å². The number of ether oxygens (including phenoxy) is 1. The number of halogens is 3. The first kappa shape index (κ1) is 14.1. The minimum atomic E-state index is -3.43. The predicted octanol–water partition coefficient (Wildman–Crippen LogP) is 3.44. The van der Waals surface area contributed by atoms with E-state index < -0.39 is 9.05 Å². The van der Waals surface area contributed by atoms with E-state index in [-0.39, 0.29) is 12.4 Å². The van der Waals surface area contributed by atoms with E-state index in [1.807, 2.05) is 0 Å². The van der Waals surface area contributed by atoms with Crippen LogP contribution in [-0.4, -0.2) is 20.8 Å². The van der Waals surface area contributed by atoms with Crippen LogP contribution in [0.1, 0.15) is 6.42 Å². The lowest BCUT2D eigenvalue weighted by molar-refractivity contribution is 0.318. The van der Waals surface area contributed by atoms with Crippen molar-refractivity contribution in [3.63, 3.8) is 0 Å². The maximum Gasteiger partial charge on any atom is 0.232 e. The Morgan fingerprint density at radius 3 is 2.62 bits per heavy atom. The number of rotatable bonds is 5. The van der Waals surface area contributed by atoms with Crippen LogP contribution in [0.5, 0.6) is 5.75 Å². The summed E-state index contributed by atoms with van der Waals surface area (Å²) in [6.07, 6.45) is 0.347. The second-order valence-corrected chi connectivity index (χ2v) is 7.18. The van der Waals surface area contributed by atoms with Crippen LogP contribution in [0.4, 0.5) is 0 Å². The molecule has 0 saturated heterocycles. The molecular weight excluding hydrogens is 339 g/mol. The smallest absolute Gasteiger partial charge is 0.232 e. The standard InChI is InChI=1S/C9H9BrCl2O3S/c10-8-3-2-7(6-9(8)11)15-4-1-5-16(12,13)14/h2-3,6H,1,4-5H2. The lowest BCUT2D eigenvalue weighted by atomic mass is 10.3. The minimum Gasteiger partial charge on any atom is -0.494 e. The molecule has 0 amide bonds. The molecule has 0 N–H and O–H groups in total. The van der Waals surface area contributed by atoms with E-state index in [0.717, 1.165) is 4.47 Å². The third-order valence-electron chi connectivity index (χ3n) is 1.69. The first-order chi connectivity index (χ1) is 7.38. The van der Waals surface area contributed by atoms with Gasteiger partial charge in [0.05, 0.1) is 17.4 Å². The summed E-state index contributed by atoms with van der Waals surface area (Å²) < 4.78 is 27.3. The Bertz CT molecular complexity index is 462. The Hall–Kier alpha value is 0.0300. The van der Waals surface area contributed by atoms with E-state index in [2.05, 4.69) is 15.9 Å². The molecule has 0 aliphatic rings. The van der Waals surface area contributed by atoms with E-state index in [1.54, 1.807) is 18.2 Å². The fourth-order valence-electron chi connectivity index (χ4n) is 0.988. The van der Waals surface area contributed by atoms with Gasteiger partial charge >= 0.3 is 0 Å². The molecule has 0 aliphatic heterocycles. The summed E-state index contributed by atoms with van der Waals surface area (Å²) in [5, 5.41) is 0.544. The molecular formula is C9H9BrCl2O3S. The lowest BCUT2D eigenvalue weighted by Crippen LogP contribution is -2.04. The van der Waals surface area contributed by atoms with Gasteiger partial charge in [0.2, 0.25) is 9.05 Å². The van der Waals surface area contributed by atoms with Gasteiger partial charge < -0.3 is 4.74 Å². The van der Waals surface area contributed by atoms with Gasteiger partial charge in [-0.05, 0) is 40.5 Å². The maximum absolute atomic E-state index is 10.6. The van der Waals surface area contributed by atoms with Gasteiger partial charge in [-0.25, -0.2) is 8.42 Å². The van der Waals surface area contributed by atoms with E-state index in [9.17, 15) is 8.42 Å². The quantitative estimate of drug-likeness (QED) is 0.605. The molecule has 1 aromatic rings. The SMILES string of the molecule is O=S(=O)(Cl)CCCOc1ccc(Br)c(Cl)c1. The topological polar surface area (TPSA) is 43.4 Å². The summed E-state index contributed by atoms with van der Waals surface area (Å²) in [4.78, 5) is 0. The van der Waals surface area contributed by atoms with Crippen LogP contribution in [0, 0.1) is 0 Å². The summed E-state index contributed by atoms with van der Waals surface area (Å²) >= 11 is 9.11. The van der Waals surface area contributed by atoms with Gasteiger partial charge in [0, 0.05) is 15.2 Å². The van der Waals surface area contributed by atoms with Gasteiger partial charge in [-0.3, -0.25) is 0 Å². The molecule has 1 rings (SSSR count). The highest BCUT2D eigenvalue weighted by molar-refractivity contribution is 9.10. The van der Waals surface area contributed by atoms with Gasteiger partial charge in [0.15, 0.2) is 0 Å². The van der Waals surface area contributed by atoms with Crippen LogP contribution >= 0.6 is 38.2 Å². The van der Waals surface area contributed by atoms with Crippen LogP contribution in [0.15, 0.2) is 22.7 Å². The molecule has 16 heavy (non-hydrogen) atoms. The first-order valence-electron chi connectivity index (χ1n) is 4.39. The van der Waals surface area contributed by atoms with Gasteiger partial charge in [-0.15, -0.1) is 0 Å². The molecule has 90 valence electrons. The number of hydrogen-bond donors (Lipinski definition) is 0. The molecule has 0 aromatic heterocycles. The van der Waals surface area contributed by atoms with Crippen molar-refractivity contribution < 1.29 is 13.2 Å². The molecule has 0 saturated carbocycles. The van der Waals surface area contributed by atoms with Crippen molar-refractivity contribution in [2.45, 2.75) is 6.42 Å². The Balaban J connectivity index is 2.41. The minimum absolute atomic E-state index is 0.0984. The van der Waals surface area contributed by atoms with Crippen molar-refractivity contribution in [2.75, 3.05) is 12.4 Å². The normalized spacial score (nSPS) is 11.4. The molecule has 0 bridgehead atoms. The van der Waals surface area contributed by atoms with E-state index in [1.165, 1.54) is 0 Å². The summed E-state index contributed by atoms with van der Waals surface area (Å²) in [6.45, 7) is 0.282. The van der Waals surface area contributed by atoms with Gasteiger partial charge in [0.1, 0.15) is 5.75 Å². The number of benzene rings is 1. The zero-order valence-corrected chi connectivity index (χ0v) is 12.0. The van der Waals surface area contributed by atoms with Crippen LogP contribution < -0.4 is 4.74 Å². The van der Waals surface area contributed by atoms with Crippen molar-refractivity contribution >= 4 is 47.3 Å². The van der Waals surface area contributed by atoms with Crippen molar-refractivity contribution in [1.29, 1.82) is 0 Å². The average Bonchev–Trinajstić information content (AvgIpc) is 2.17. The molecule has 0 spiro atoms. The fraction of sp³-hybridized carbons (Fsp3) is 0.333. The molecule has 7 heteroatoms. The van der Waals surface area contributed by atoms with Gasteiger partial charge in [0.25, 0.3) is 0 Å². The van der Waals surface area contributed by atoms with E-state index in [4.69, 9.17) is 27.0 Å². The van der Waals surface area contributed by atoms with Crippen molar-refractivity contribution in [3.8, 4) is 5.75 Å². The fourth-order valence-corrected chi connectivity index (χ4v) is 2.20. The van der Waals surface area contributed by atoms with Crippen LogP contribution in [-0.2, 0) is 9.05 Å². The molecule has 3 nitrogen and oxygen atoms in total. The first-order valence-corrected chi connectivity index (χ1v) is 8.03. The van der Waals surface area contributed by atoms with Gasteiger partial charge in [-0.1, -0.05) is 11.6 Å². The largest absolute Gasteiger partial charge is 0.494 e. The summed E-state index contributed by atoms with van der Waals surface area (Å²) in [7, 11) is 1.62. The molecule has 0 aliphatic carbocycles. The highest BCUT2D eigenvalue weighted by Gasteiger charge is 2.05. The summed E-state index contributed by atoms with van der Waals surface area (Å²) in [5.41, 5.74) is 0. The predicted molar refractivity (Wildman–Crippen MR) is 68.9 cm³/mol. The third kappa shape index (κ3) is 5.39. The van der Waals surface area contributed by atoms with Gasteiger partial charge in [-0.2, -0.15) is 0 Å². The second kappa shape index (κ2) is 6.10. The monoisotopic (exact) mass is 346 g/mol. The van der Waals surface area contributed by atoms with Crippen LogP contribution in [0.3, 0.4) is 0 Å². The molecule has 0 unspecified atom stereocenters. The van der Waals surface area contributed by atoms with E-state index >= 15 is 0 Å². The molecule has 0 heterocycles. The summed E-state index contributed by atoms with van der Waals surface area (Å²) in [6, 6.07) is 5.15. The molecule has 0 fully saturated rings. The molecule has 1 aromatic carbocycles. The Morgan fingerprint density at radius 1 is 1.38 bits per heavy atom. The number of hydrogen-bond acceptors (Lipinski definition) is 3. The second-order valence-electron chi connectivity index (χ2n) is 3.02. The van der Waals surface area contributed by atoms with Crippen LogP contribution in [0.25, 0.3) is 0 Å². The third-order valence-corrected chi connectivity index (χ3v) is 4.16. The zero-order chi connectivity index (χ0) is 12.2.